The SMILES string of the molecule is O=C(O[C@H]1CN2CCC1CC2)C(Nc1ccc(F)cc1)c1ccc(F)cc1. The number of fused-ring (bicyclic) bond motifs is 3. The molecule has 1 N–H and O–H groups in total. The molecule has 1 unspecified atom stereocenters. The Morgan fingerprint density at radius 2 is 1.59 bits per heavy atom. The molecular weight excluding hydrogens is 350 g/mol. The second-order valence-corrected chi connectivity index (χ2v) is 7.25. The Morgan fingerprint density at radius 1 is 1.00 bits per heavy atom. The number of piperidine rings is 3. The van der Waals surface area contributed by atoms with Crippen LogP contribution in [-0.4, -0.2) is 36.6 Å². The summed E-state index contributed by atoms with van der Waals surface area (Å²) in [6, 6.07) is 10.7. The van der Waals surface area contributed by atoms with E-state index in [1.165, 1.54) is 24.3 Å². The quantitative estimate of drug-likeness (QED) is 0.812. The molecule has 0 aromatic heterocycles. The molecule has 2 aromatic carbocycles. The molecule has 2 bridgehead atoms. The Morgan fingerprint density at radius 3 is 2.15 bits per heavy atom. The minimum absolute atomic E-state index is 0.113. The van der Waals surface area contributed by atoms with Crippen LogP contribution in [0.2, 0.25) is 0 Å². The smallest absolute Gasteiger partial charge is 0.333 e. The van der Waals surface area contributed by atoms with Crippen LogP contribution in [0.25, 0.3) is 0 Å². The fraction of sp³-hybridized carbons (Fsp3) is 0.381. The summed E-state index contributed by atoms with van der Waals surface area (Å²) >= 11 is 0. The van der Waals surface area contributed by atoms with Crippen LogP contribution in [0.15, 0.2) is 48.5 Å². The summed E-state index contributed by atoms with van der Waals surface area (Å²) in [6.07, 6.45) is 1.98. The predicted octanol–water partition coefficient (Wildman–Crippen LogP) is 3.76. The number of esters is 1. The highest BCUT2D eigenvalue weighted by atomic mass is 19.1. The van der Waals surface area contributed by atoms with E-state index in [0.29, 0.717) is 17.2 Å². The summed E-state index contributed by atoms with van der Waals surface area (Å²) in [7, 11) is 0. The van der Waals surface area contributed by atoms with E-state index in [1.807, 2.05) is 0 Å². The Hall–Kier alpha value is -2.47. The Balaban J connectivity index is 1.53. The first-order valence-electron chi connectivity index (χ1n) is 9.29. The van der Waals surface area contributed by atoms with E-state index in [-0.39, 0.29) is 17.7 Å². The van der Waals surface area contributed by atoms with Crippen molar-refractivity contribution in [2.45, 2.75) is 25.0 Å². The number of nitrogens with one attached hydrogen (secondary N) is 1. The van der Waals surface area contributed by atoms with Crippen LogP contribution < -0.4 is 5.32 Å². The van der Waals surface area contributed by atoms with Crippen molar-refractivity contribution in [1.82, 2.24) is 4.90 Å². The largest absolute Gasteiger partial charge is 0.459 e. The van der Waals surface area contributed by atoms with Crippen molar-refractivity contribution < 1.29 is 18.3 Å². The maximum Gasteiger partial charge on any atom is 0.333 e. The van der Waals surface area contributed by atoms with Crippen molar-refractivity contribution in [2.24, 2.45) is 5.92 Å². The summed E-state index contributed by atoms with van der Waals surface area (Å²) in [4.78, 5) is 15.3. The van der Waals surface area contributed by atoms with Crippen molar-refractivity contribution >= 4 is 11.7 Å². The van der Waals surface area contributed by atoms with Crippen LogP contribution in [0.3, 0.4) is 0 Å². The van der Waals surface area contributed by atoms with Gasteiger partial charge >= 0.3 is 5.97 Å². The number of carbonyl (C=O) groups excluding carboxylic acids is 1. The minimum Gasteiger partial charge on any atom is -0.459 e. The highest BCUT2D eigenvalue weighted by Gasteiger charge is 2.37. The zero-order valence-corrected chi connectivity index (χ0v) is 14.9. The van der Waals surface area contributed by atoms with Crippen LogP contribution in [0.4, 0.5) is 14.5 Å². The topological polar surface area (TPSA) is 41.6 Å². The first-order chi connectivity index (χ1) is 13.1. The second kappa shape index (κ2) is 7.64. The fourth-order valence-corrected chi connectivity index (χ4v) is 3.91. The number of anilines is 1. The van der Waals surface area contributed by atoms with Crippen LogP contribution in [-0.2, 0) is 9.53 Å². The molecule has 5 rings (SSSR count). The van der Waals surface area contributed by atoms with Gasteiger partial charge in [0.1, 0.15) is 17.7 Å². The first kappa shape index (κ1) is 17.9. The lowest BCUT2D eigenvalue weighted by Crippen LogP contribution is -2.52. The lowest BCUT2D eigenvalue weighted by Gasteiger charge is -2.44. The van der Waals surface area contributed by atoms with Crippen molar-refractivity contribution in [2.75, 3.05) is 25.0 Å². The second-order valence-electron chi connectivity index (χ2n) is 7.25. The number of carbonyl (C=O) groups is 1. The summed E-state index contributed by atoms with van der Waals surface area (Å²) in [5.41, 5.74) is 1.20. The van der Waals surface area contributed by atoms with E-state index in [1.54, 1.807) is 24.3 Å². The summed E-state index contributed by atoms with van der Waals surface area (Å²) < 4.78 is 32.3. The van der Waals surface area contributed by atoms with E-state index in [0.717, 1.165) is 32.5 Å². The lowest BCUT2D eigenvalue weighted by molar-refractivity contribution is -0.159. The van der Waals surface area contributed by atoms with Gasteiger partial charge < -0.3 is 10.1 Å². The maximum absolute atomic E-state index is 13.3. The normalized spacial score (nSPS) is 25.0. The number of hydrogen-bond acceptors (Lipinski definition) is 4. The van der Waals surface area contributed by atoms with Gasteiger partial charge in [-0.15, -0.1) is 0 Å². The Bertz CT molecular complexity index is 787. The third-order valence-electron chi connectivity index (χ3n) is 5.46. The number of halogens is 2. The van der Waals surface area contributed by atoms with Crippen molar-refractivity contribution in [3.63, 3.8) is 0 Å². The molecule has 3 fully saturated rings. The molecule has 2 aromatic rings. The minimum atomic E-state index is -0.786. The van der Waals surface area contributed by atoms with Gasteiger partial charge in [-0.05, 0) is 73.8 Å². The lowest BCUT2D eigenvalue weighted by atomic mass is 9.86. The van der Waals surface area contributed by atoms with Crippen molar-refractivity contribution in [3.8, 4) is 0 Å². The standard InChI is InChI=1S/C21H22F2N2O2/c22-16-3-1-15(2-4-16)20(24-18-7-5-17(23)6-8-18)21(26)27-19-13-25-11-9-14(19)10-12-25/h1-8,14,19-20,24H,9-13H2/t19-,20?/m0/s1. The van der Waals surface area contributed by atoms with Gasteiger partial charge in [-0.25, -0.2) is 13.6 Å². The summed E-state index contributed by atoms with van der Waals surface area (Å²) in [5, 5.41) is 3.10. The Labute approximate surface area is 157 Å². The van der Waals surface area contributed by atoms with Crippen LogP contribution in [0.1, 0.15) is 24.4 Å². The molecule has 3 aliphatic rings. The van der Waals surface area contributed by atoms with Gasteiger partial charge in [-0.3, -0.25) is 4.90 Å². The predicted molar refractivity (Wildman–Crippen MR) is 98.2 cm³/mol. The number of ether oxygens (including phenoxy) is 1. The van der Waals surface area contributed by atoms with Gasteiger partial charge in [-0.2, -0.15) is 0 Å². The first-order valence-corrected chi connectivity index (χ1v) is 9.29. The molecule has 0 amide bonds. The van der Waals surface area contributed by atoms with E-state index in [4.69, 9.17) is 4.74 Å². The highest BCUT2D eigenvalue weighted by molar-refractivity contribution is 5.81. The van der Waals surface area contributed by atoms with Gasteiger partial charge in [0.15, 0.2) is 6.04 Å². The molecule has 6 heteroatoms. The third kappa shape index (κ3) is 4.11. The molecule has 0 spiro atoms. The molecule has 142 valence electrons. The molecule has 4 nitrogen and oxygen atoms in total. The highest BCUT2D eigenvalue weighted by Crippen LogP contribution is 2.31. The summed E-state index contributed by atoms with van der Waals surface area (Å²) in [5.74, 6) is -0.720. The molecule has 27 heavy (non-hydrogen) atoms. The average Bonchev–Trinajstić information content (AvgIpc) is 2.69. The fourth-order valence-electron chi connectivity index (χ4n) is 3.91. The van der Waals surface area contributed by atoms with E-state index >= 15 is 0 Å². The van der Waals surface area contributed by atoms with Crippen LogP contribution in [0, 0.1) is 17.6 Å². The van der Waals surface area contributed by atoms with Gasteiger partial charge in [0.05, 0.1) is 0 Å². The third-order valence-corrected chi connectivity index (χ3v) is 5.46. The van der Waals surface area contributed by atoms with E-state index < -0.39 is 12.0 Å². The van der Waals surface area contributed by atoms with Crippen LogP contribution >= 0.6 is 0 Å². The zero-order chi connectivity index (χ0) is 18.8. The molecule has 3 saturated heterocycles. The molecule has 0 radical (unpaired) electrons. The molecular formula is C21H22F2N2O2. The molecule has 3 heterocycles. The van der Waals surface area contributed by atoms with Crippen molar-refractivity contribution in [3.05, 3.63) is 65.7 Å². The number of hydrogen-bond donors (Lipinski definition) is 1. The maximum atomic E-state index is 13.3. The Kier molecular flexibility index (Phi) is 5.07. The number of benzene rings is 2. The molecule has 0 saturated carbocycles. The van der Waals surface area contributed by atoms with E-state index in [2.05, 4.69) is 10.2 Å². The van der Waals surface area contributed by atoms with Gasteiger partial charge in [0.2, 0.25) is 0 Å². The zero-order valence-electron chi connectivity index (χ0n) is 14.9. The monoisotopic (exact) mass is 372 g/mol. The van der Waals surface area contributed by atoms with Gasteiger partial charge in [0, 0.05) is 12.2 Å². The average molecular weight is 372 g/mol. The number of nitrogens with zero attached hydrogens (tertiary/aromatic N) is 1. The molecule has 2 atom stereocenters. The van der Waals surface area contributed by atoms with Crippen LogP contribution in [0.5, 0.6) is 0 Å². The molecule has 0 aliphatic carbocycles. The van der Waals surface area contributed by atoms with Gasteiger partial charge in [0.25, 0.3) is 0 Å². The summed E-state index contributed by atoms with van der Waals surface area (Å²) in [6.45, 7) is 2.89. The van der Waals surface area contributed by atoms with E-state index in [9.17, 15) is 13.6 Å². The van der Waals surface area contributed by atoms with Gasteiger partial charge in [-0.1, -0.05) is 12.1 Å². The van der Waals surface area contributed by atoms with Crippen molar-refractivity contribution in [1.29, 1.82) is 0 Å². The number of rotatable bonds is 5. The molecule has 3 aliphatic heterocycles.